The number of carbonyl (C=O) groups is 5. The van der Waals surface area contributed by atoms with Gasteiger partial charge in [0.05, 0.1) is 11.1 Å². The lowest BCUT2D eigenvalue weighted by Gasteiger charge is -2.34. The van der Waals surface area contributed by atoms with Crippen molar-refractivity contribution in [2.45, 2.75) is 163 Å². The molecular formula is C41H60O13. The fourth-order valence-electron chi connectivity index (χ4n) is 5.97. The van der Waals surface area contributed by atoms with Gasteiger partial charge in [0.15, 0.2) is 5.78 Å². The minimum atomic E-state index is -2.65. The molecule has 1 aliphatic carbocycles. The molecule has 54 heavy (non-hydrogen) atoms. The van der Waals surface area contributed by atoms with E-state index in [1.165, 1.54) is 30.3 Å². The summed E-state index contributed by atoms with van der Waals surface area (Å²) in [5.41, 5.74) is -6.58. The summed E-state index contributed by atoms with van der Waals surface area (Å²) in [6, 6.07) is 5.54. The summed E-state index contributed by atoms with van der Waals surface area (Å²) < 4.78 is 0. The SMILES string of the molecule is CCCC(C)(C)OOC(=O)C1=CC=C(C(=O)c2ccc(C(=O)OOC(C)(C)CCC)cc2)CC1(C(=O)OOC(C)(C)CCC)C(=O)OOC(C)(C)CCC. The largest absolute Gasteiger partial charge is 0.373 e. The Labute approximate surface area is 319 Å². The van der Waals surface area contributed by atoms with E-state index in [4.69, 9.17) is 39.1 Å². The quantitative estimate of drug-likeness (QED) is 0.0477. The Morgan fingerprint density at radius 2 is 0.870 bits per heavy atom. The van der Waals surface area contributed by atoms with Gasteiger partial charge in [-0.2, -0.15) is 19.6 Å². The van der Waals surface area contributed by atoms with Crippen LogP contribution in [0.25, 0.3) is 0 Å². The van der Waals surface area contributed by atoms with Gasteiger partial charge in [-0.1, -0.05) is 71.6 Å². The third-order valence-electron chi connectivity index (χ3n) is 8.74. The Morgan fingerprint density at radius 3 is 1.26 bits per heavy atom. The molecule has 13 heteroatoms. The minimum Gasteiger partial charge on any atom is -0.296 e. The molecule has 0 bridgehead atoms. The first-order valence-electron chi connectivity index (χ1n) is 18.8. The van der Waals surface area contributed by atoms with Gasteiger partial charge in [0.2, 0.25) is 5.41 Å². The van der Waals surface area contributed by atoms with E-state index >= 15 is 0 Å². The number of Topliss-reactive ketones (excluding diaryl/α,β-unsaturated/α-hetero) is 1. The van der Waals surface area contributed by atoms with E-state index in [9.17, 15) is 24.0 Å². The van der Waals surface area contributed by atoms with Crippen LogP contribution in [0.5, 0.6) is 0 Å². The lowest BCUT2D eigenvalue weighted by Crippen LogP contribution is -2.49. The van der Waals surface area contributed by atoms with E-state index in [1.54, 1.807) is 55.4 Å². The first-order chi connectivity index (χ1) is 25.1. The van der Waals surface area contributed by atoms with Crippen LogP contribution in [0.4, 0.5) is 0 Å². The molecule has 13 nitrogen and oxygen atoms in total. The molecule has 0 heterocycles. The molecule has 0 saturated carbocycles. The number of ketones is 1. The Balaban J connectivity index is 2.62. The molecule has 2 rings (SSSR count). The predicted molar refractivity (Wildman–Crippen MR) is 198 cm³/mol. The molecule has 0 aromatic heterocycles. The van der Waals surface area contributed by atoms with Crippen LogP contribution in [0.1, 0.15) is 162 Å². The van der Waals surface area contributed by atoms with E-state index in [1.807, 2.05) is 27.7 Å². The molecule has 0 saturated heterocycles. The number of hydrogen-bond acceptors (Lipinski definition) is 13. The molecule has 0 amide bonds. The Kier molecular flexibility index (Phi) is 16.8. The summed E-state index contributed by atoms with van der Waals surface area (Å²) in [6.45, 7) is 21.5. The predicted octanol–water partition coefficient (Wildman–Crippen LogP) is 8.94. The number of allylic oxidation sites excluding steroid dienone is 3. The molecule has 0 unspecified atom stereocenters. The van der Waals surface area contributed by atoms with E-state index in [-0.39, 0.29) is 16.7 Å². The van der Waals surface area contributed by atoms with E-state index in [0.29, 0.717) is 44.9 Å². The van der Waals surface area contributed by atoms with Gasteiger partial charge in [0.1, 0.15) is 22.4 Å². The third-order valence-corrected chi connectivity index (χ3v) is 8.74. The maximum absolute atomic E-state index is 14.3. The lowest BCUT2D eigenvalue weighted by atomic mass is 9.70. The second-order valence-corrected chi connectivity index (χ2v) is 16.1. The fourth-order valence-corrected chi connectivity index (χ4v) is 5.97. The van der Waals surface area contributed by atoms with E-state index < -0.39 is 69.5 Å². The summed E-state index contributed by atoms with van der Waals surface area (Å²) >= 11 is 0. The van der Waals surface area contributed by atoms with Gasteiger partial charge in [0, 0.05) is 17.6 Å². The summed E-state index contributed by atoms with van der Waals surface area (Å²) in [4.78, 5) is 112. The minimum absolute atomic E-state index is 0.0757. The van der Waals surface area contributed by atoms with Crippen molar-refractivity contribution in [2.24, 2.45) is 5.41 Å². The molecule has 0 radical (unpaired) electrons. The van der Waals surface area contributed by atoms with Gasteiger partial charge >= 0.3 is 23.9 Å². The van der Waals surface area contributed by atoms with Crippen LogP contribution < -0.4 is 0 Å². The topological polar surface area (TPSA) is 159 Å². The van der Waals surface area contributed by atoms with Crippen molar-refractivity contribution in [3.8, 4) is 0 Å². The van der Waals surface area contributed by atoms with Crippen LogP contribution in [0.15, 0.2) is 47.6 Å². The van der Waals surface area contributed by atoms with Crippen LogP contribution in [-0.4, -0.2) is 52.1 Å². The third kappa shape index (κ3) is 13.1. The van der Waals surface area contributed by atoms with E-state index in [0.717, 1.165) is 12.5 Å². The van der Waals surface area contributed by atoms with Gasteiger partial charge in [0.25, 0.3) is 0 Å². The molecule has 1 aliphatic rings. The van der Waals surface area contributed by atoms with Crippen LogP contribution in [0.3, 0.4) is 0 Å². The molecular weight excluding hydrogens is 700 g/mol. The first-order valence-corrected chi connectivity index (χ1v) is 18.8. The van der Waals surface area contributed by atoms with Crippen molar-refractivity contribution in [1.29, 1.82) is 0 Å². The summed E-state index contributed by atoms with van der Waals surface area (Å²) in [5.74, 6) is -5.25. The molecule has 1 aromatic carbocycles. The van der Waals surface area contributed by atoms with Gasteiger partial charge in [-0.25, -0.2) is 19.2 Å². The zero-order valence-corrected chi connectivity index (χ0v) is 34.1. The molecule has 0 N–H and O–H groups in total. The molecule has 0 fully saturated rings. The van der Waals surface area contributed by atoms with Crippen LogP contribution in [0, 0.1) is 5.41 Å². The monoisotopic (exact) mass is 760 g/mol. The van der Waals surface area contributed by atoms with Crippen molar-refractivity contribution < 1.29 is 63.1 Å². The van der Waals surface area contributed by atoms with Crippen LogP contribution in [0.2, 0.25) is 0 Å². The second-order valence-electron chi connectivity index (χ2n) is 16.1. The van der Waals surface area contributed by atoms with Crippen molar-refractivity contribution >= 4 is 29.7 Å². The van der Waals surface area contributed by atoms with Gasteiger partial charge < -0.3 is 0 Å². The highest BCUT2D eigenvalue weighted by Crippen LogP contribution is 2.43. The summed E-state index contributed by atoms with van der Waals surface area (Å²) in [7, 11) is 0. The molecule has 1 aromatic rings. The van der Waals surface area contributed by atoms with Crippen LogP contribution in [-0.2, 0) is 53.5 Å². The zero-order chi connectivity index (χ0) is 41.0. The normalized spacial score (nSPS) is 14.7. The smallest absolute Gasteiger partial charge is 0.296 e. The maximum atomic E-state index is 14.3. The zero-order valence-electron chi connectivity index (χ0n) is 34.1. The number of benzene rings is 1. The van der Waals surface area contributed by atoms with E-state index in [2.05, 4.69) is 0 Å². The summed E-state index contributed by atoms with van der Waals surface area (Å²) in [6.07, 6.45) is 6.75. The summed E-state index contributed by atoms with van der Waals surface area (Å²) in [5, 5.41) is 0. The van der Waals surface area contributed by atoms with Crippen molar-refractivity contribution in [3.63, 3.8) is 0 Å². The fraction of sp³-hybridized carbons (Fsp3) is 0.634. The highest BCUT2D eigenvalue weighted by Gasteiger charge is 2.59. The van der Waals surface area contributed by atoms with Crippen molar-refractivity contribution in [1.82, 2.24) is 0 Å². The standard InChI is InChI=1S/C41H60O13/c1-13-23-37(5,6)51-47-33(43)29-19-17-28(18-20-29)32(42)30-21-22-31(34(44)48-52-38(7,8)24-14-2)41(27-30,35(45)49-53-39(9,10)25-15-3)36(46)50-54-40(11,12)26-16-4/h17-22H,13-16,23-27H2,1-12H3. The van der Waals surface area contributed by atoms with Crippen molar-refractivity contribution in [2.75, 3.05) is 0 Å². The van der Waals surface area contributed by atoms with Gasteiger partial charge in [-0.05, 0) is 99.3 Å². The second kappa shape index (κ2) is 19.6. The first kappa shape index (κ1) is 46.2. The number of carbonyl (C=O) groups excluding carboxylic acids is 5. The maximum Gasteiger partial charge on any atom is 0.373 e. The molecule has 0 aliphatic heterocycles. The molecule has 0 spiro atoms. The Bertz CT molecular complexity index is 1500. The average Bonchev–Trinajstić information content (AvgIpc) is 3.10. The van der Waals surface area contributed by atoms with Crippen molar-refractivity contribution in [3.05, 3.63) is 58.7 Å². The highest BCUT2D eigenvalue weighted by atomic mass is 17.2. The average molecular weight is 761 g/mol. The highest BCUT2D eigenvalue weighted by molar-refractivity contribution is 6.16. The van der Waals surface area contributed by atoms with Gasteiger partial charge in [-0.15, -0.1) is 0 Å². The molecule has 302 valence electrons. The Morgan fingerprint density at radius 1 is 0.519 bits per heavy atom. The Hall–Kier alpha value is -3.91. The van der Waals surface area contributed by atoms with Crippen LogP contribution >= 0.6 is 0 Å². The number of rotatable bonds is 22. The lowest BCUT2D eigenvalue weighted by molar-refractivity contribution is -0.344. The van der Waals surface area contributed by atoms with Gasteiger partial charge in [-0.3, -0.25) is 24.3 Å². The molecule has 0 atom stereocenters. The number of hydrogen-bond donors (Lipinski definition) is 0.